The molecule has 4 nitrogen and oxygen atoms in total. The molecule has 0 fully saturated rings. The van der Waals surface area contributed by atoms with E-state index in [-0.39, 0.29) is 0 Å². The lowest BCUT2D eigenvalue weighted by atomic mass is 10.3. The van der Waals surface area contributed by atoms with Crippen molar-refractivity contribution in [2.75, 3.05) is 11.6 Å². The first-order valence-corrected chi connectivity index (χ1v) is 10.8. The van der Waals surface area contributed by atoms with Gasteiger partial charge < -0.3 is 4.57 Å². The Labute approximate surface area is 160 Å². The minimum absolute atomic E-state index is 0.626. The molecule has 1 aromatic heterocycles. The molecule has 0 N–H and O–H groups in total. The highest BCUT2D eigenvalue weighted by molar-refractivity contribution is 7.13. The monoisotopic (exact) mass is 368 g/mol. The molecule has 5 heteroatoms. The number of aromatic nitrogens is 3. The second-order valence-corrected chi connectivity index (χ2v) is 10.1. The van der Waals surface area contributed by atoms with E-state index in [1.54, 1.807) is 12.4 Å². The number of benzene rings is 3. The maximum atomic E-state index is 4.51. The smallest absolute Gasteiger partial charge is 0.255 e. The van der Waals surface area contributed by atoms with Gasteiger partial charge in [-0.25, -0.2) is 4.98 Å². The Morgan fingerprint density at radius 3 is 1.44 bits per heavy atom. The molecule has 0 spiro atoms. The highest BCUT2D eigenvalue weighted by atomic mass is 28.3. The van der Waals surface area contributed by atoms with Crippen molar-refractivity contribution in [3.8, 4) is 0 Å². The van der Waals surface area contributed by atoms with Gasteiger partial charge in [-0.15, -0.1) is 5.10 Å². The van der Waals surface area contributed by atoms with Crippen molar-refractivity contribution in [1.82, 2.24) is 15.2 Å². The first-order chi connectivity index (χ1) is 13.3. The van der Waals surface area contributed by atoms with Gasteiger partial charge in [0.1, 0.15) is 0 Å². The maximum Gasteiger partial charge on any atom is 0.255 e. The van der Waals surface area contributed by atoms with E-state index in [1.807, 2.05) is 0 Å². The van der Waals surface area contributed by atoms with Crippen molar-refractivity contribution in [2.45, 2.75) is 0 Å². The lowest BCUT2D eigenvalue weighted by Crippen LogP contribution is -2.77. The van der Waals surface area contributed by atoms with Crippen molar-refractivity contribution >= 4 is 29.7 Å². The summed E-state index contributed by atoms with van der Waals surface area (Å²) in [5.41, 5.74) is 0. The van der Waals surface area contributed by atoms with Crippen molar-refractivity contribution < 1.29 is 0 Å². The van der Waals surface area contributed by atoms with E-state index in [0.717, 1.165) is 0 Å². The predicted octanol–water partition coefficient (Wildman–Crippen LogP) is 1.97. The van der Waals surface area contributed by atoms with Gasteiger partial charge in [-0.1, -0.05) is 91.0 Å². The van der Waals surface area contributed by atoms with E-state index in [2.05, 4.69) is 118 Å². The summed E-state index contributed by atoms with van der Waals surface area (Å²) >= 11 is 0. The molecule has 0 saturated heterocycles. The SMILES string of the molecule is CN(c1nccnn1)[Si](c1ccccc1)(c1ccccc1)c1ccccc1. The fraction of sp³-hybridized carbons (Fsp3) is 0.0455. The zero-order valence-corrected chi connectivity index (χ0v) is 16.1. The van der Waals surface area contributed by atoms with Gasteiger partial charge in [-0.05, 0) is 15.6 Å². The molecule has 4 aromatic rings. The van der Waals surface area contributed by atoms with Crippen molar-refractivity contribution in [3.05, 3.63) is 103 Å². The standard InChI is InChI=1S/C22H20N4Si/c1-26(22-23-17-18-24-25-22)27(19-11-5-2-6-12-19,20-13-7-3-8-14-20)21-15-9-4-10-16-21/h2-18H,1H3. The van der Waals surface area contributed by atoms with E-state index >= 15 is 0 Å². The van der Waals surface area contributed by atoms with Gasteiger partial charge in [0, 0.05) is 7.05 Å². The Kier molecular flexibility index (Phi) is 4.76. The van der Waals surface area contributed by atoms with Gasteiger partial charge in [0.15, 0.2) is 0 Å². The minimum atomic E-state index is -2.60. The quantitative estimate of drug-likeness (QED) is 0.399. The van der Waals surface area contributed by atoms with Crippen LogP contribution in [-0.4, -0.2) is 30.5 Å². The molecule has 0 unspecified atom stereocenters. The number of nitrogens with zero attached hydrogens (tertiary/aromatic N) is 4. The lowest BCUT2D eigenvalue weighted by molar-refractivity contribution is 0.942. The summed E-state index contributed by atoms with van der Waals surface area (Å²) in [7, 11) is -0.520. The van der Waals surface area contributed by atoms with Crippen LogP contribution >= 0.6 is 0 Å². The molecule has 132 valence electrons. The van der Waals surface area contributed by atoms with Crippen LogP contribution in [0.15, 0.2) is 103 Å². The Morgan fingerprint density at radius 1 is 0.630 bits per heavy atom. The average molecular weight is 369 g/mol. The molecule has 0 amide bonds. The summed E-state index contributed by atoms with van der Waals surface area (Å²) in [6, 6.07) is 32.0. The molecule has 0 saturated carbocycles. The second kappa shape index (κ2) is 7.51. The normalized spacial score (nSPS) is 11.1. The van der Waals surface area contributed by atoms with Gasteiger partial charge in [0.25, 0.3) is 8.24 Å². The summed E-state index contributed by atoms with van der Waals surface area (Å²) in [4.78, 5) is 4.51. The minimum Gasteiger partial charge on any atom is -0.357 e. The number of anilines is 1. The van der Waals surface area contributed by atoms with Crippen LogP contribution in [0.5, 0.6) is 0 Å². The van der Waals surface area contributed by atoms with Crippen LogP contribution in [0.2, 0.25) is 0 Å². The molecule has 0 atom stereocenters. The molecule has 3 aromatic carbocycles. The summed E-state index contributed by atoms with van der Waals surface area (Å²) in [6.07, 6.45) is 3.30. The number of rotatable bonds is 5. The lowest BCUT2D eigenvalue weighted by Gasteiger charge is -2.40. The van der Waals surface area contributed by atoms with E-state index < -0.39 is 8.24 Å². The van der Waals surface area contributed by atoms with Gasteiger partial charge >= 0.3 is 0 Å². The predicted molar refractivity (Wildman–Crippen MR) is 112 cm³/mol. The fourth-order valence-electron chi connectivity index (χ4n) is 3.66. The van der Waals surface area contributed by atoms with Crippen LogP contribution < -0.4 is 20.1 Å². The maximum absolute atomic E-state index is 4.51. The van der Waals surface area contributed by atoms with Crippen molar-refractivity contribution in [2.24, 2.45) is 0 Å². The fourth-order valence-corrected chi connectivity index (χ4v) is 8.25. The zero-order valence-electron chi connectivity index (χ0n) is 15.1. The highest BCUT2D eigenvalue weighted by Crippen LogP contribution is 2.16. The second-order valence-electron chi connectivity index (χ2n) is 6.31. The molecular weight excluding hydrogens is 348 g/mol. The van der Waals surface area contributed by atoms with E-state index in [4.69, 9.17) is 0 Å². The summed E-state index contributed by atoms with van der Waals surface area (Å²) < 4.78 is 2.24. The van der Waals surface area contributed by atoms with Crippen LogP contribution in [0.1, 0.15) is 0 Å². The summed E-state index contributed by atoms with van der Waals surface area (Å²) in [5, 5.41) is 12.2. The average Bonchev–Trinajstić information content (AvgIpc) is 2.77. The first-order valence-electron chi connectivity index (χ1n) is 8.87. The molecule has 0 radical (unpaired) electrons. The third-order valence-electron chi connectivity index (χ3n) is 4.85. The molecule has 0 aliphatic rings. The molecule has 27 heavy (non-hydrogen) atoms. The van der Waals surface area contributed by atoms with Gasteiger partial charge in [0.2, 0.25) is 5.95 Å². The molecule has 1 heterocycles. The summed E-state index contributed by atoms with van der Waals surface area (Å²) in [6.45, 7) is 0. The Bertz CT molecular complexity index is 883. The zero-order chi connectivity index (χ0) is 18.5. The third kappa shape index (κ3) is 3.02. The Morgan fingerprint density at radius 2 is 1.07 bits per heavy atom. The first kappa shape index (κ1) is 17.1. The highest BCUT2D eigenvalue weighted by Gasteiger charge is 2.45. The molecule has 0 aliphatic carbocycles. The van der Waals surface area contributed by atoms with Crippen LogP contribution in [0, 0.1) is 0 Å². The summed E-state index contributed by atoms with van der Waals surface area (Å²) in [5.74, 6) is 0.626. The van der Waals surface area contributed by atoms with Crippen molar-refractivity contribution in [3.63, 3.8) is 0 Å². The van der Waals surface area contributed by atoms with E-state index in [1.165, 1.54) is 15.6 Å². The Balaban J connectivity index is 2.07. The van der Waals surface area contributed by atoms with E-state index in [9.17, 15) is 0 Å². The topological polar surface area (TPSA) is 41.9 Å². The van der Waals surface area contributed by atoms with Crippen LogP contribution in [0.4, 0.5) is 5.95 Å². The number of hydrogen-bond donors (Lipinski definition) is 0. The number of hydrogen-bond acceptors (Lipinski definition) is 4. The van der Waals surface area contributed by atoms with Crippen LogP contribution in [0.25, 0.3) is 0 Å². The largest absolute Gasteiger partial charge is 0.357 e. The van der Waals surface area contributed by atoms with Gasteiger partial charge in [-0.2, -0.15) is 5.10 Å². The van der Waals surface area contributed by atoms with Gasteiger partial charge in [0.05, 0.1) is 12.4 Å². The Hall–Kier alpha value is -3.31. The van der Waals surface area contributed by atoms with Crippen molar-refractivity contribution in [1.29, 1.82) is 0 Å². The van der Waals surface area contributed by atoms with Crippen LogP contribution in [-0.2, 0) is 0 Å². The van der Waals surface area contributed by atoms with Gasteiger partial charge in [-0.3, -0.25) is 0 Å². The van der Waals surface area contributed by atoms with Crippen LogP contribution in [0.3, 0.4) is 0 Å². The molecule has 0 aliphatic heterocycles. The molecular formula is C22H20N4Si. The molecule has 0 bridgehead atoms. The molecule has 4 rings (SSSR count). The van der Waals surface area contributed by atoms with E-state index in [0.29, 0.717) is 5.95 Å². The third-order valence-corrected chi connectivity index (χ3v) is 9.56.